The van der Waals surface area contributed by atoms with Crippen molar-refractivity contribution in [2.75, 3.05) is 19.0 Å². The minimum Gasteiger partial charge on any atom is -0.493 e. The molecule has 1 amide bonds. The first-order chi connectivity index (χ1) is 16.0. The number of aromatic nitrogens is 2. The zero-order valence-corrected chi connectivity index (χ0v) is 19.3. The maximum absolute atomic E-state index is 13.2. The number of nitrogens with one attached hydrogen (secondary N) is 2. The highest BCUT2D eigenvalue weighted by Gasteiger charge is 2.33. The Morgan fingerprint density at radius 1 is 1.21 bits per heavy atom. The summed E-state index contributed by atoms with van der Waals surface area (Å²) < 4.78 is 11.3. The third-order valence-corrected chi connectivity index (χ3v) is 6.43. The fourth-order valence-electron chi connectivity index (χ4n) is 3.87. The van der Waals surface area contributed by atoms with Crippen LogP contribution in [0.15, 0.2) is 65.1 Å². The molecule has 1 atom stereocenters. The zero-order valence-electron chi connectivity index (χ0n) is 18.5. The number of thioether (sulfide) groups is 1. The van der Waals surface area contributed by atoms with Gasteiger partial charge in [-0.2, -0.15) is 0 Å². The molecule has 33 heavy (non-hydrogen) atoms. The lowest BCUT2D eigenvalue weighted by Crippen LogP contribution is -2.31. The SMILES string of the molecule is C=CCOc1c(OC)cccc1[C@@H]1CC(=O)Nc2nc(SCc3ccccc3C)[nH]c(=O)c21. The lowest BCUT2D eigenvalue weighted by molar-refractivity contribution is -0.116. The molecule has 1 aliphatic rings. The minimum atomic E-state index is -0.518. The molecule has 170 valence electrons. The monoisotopic (exact) mass is 463 g/mol. The second-order valence-corrected chi connectivity index (χ2v) is 8.60. The molecule has 0 spiro atoms. The van der Waals surface area contributed by atoms with E-state index >= 15 is 0 Å². The Morgan fingerprint density at radius 3 is 2.79 bits per heavy atom. The molecule has 0 unspecified atom stereocenters. The van der Waals surface area contributed by atoms with E-state index in [1.54, 1.807) is 19.3 Å². The number of aryl methyl sites for hydroxylation is 1. The molecule has 2 aromatic carbocycles. The summed E-state index contributed by atoms with van der Waals surface area (Å²) in [5.41, 5.74) is 3.15. The number of amides is 1. The van der Waals surface area contributed by atoms with E-state index in [4.69, 9.17) is 9.47 Å². The Labute approximate surface area is 196 Å². The Morgan fingerprint density at radius 2 is 2.03 bits per heavy atom. The van der Waals surface area contributed by atoms with Crippen LogP contribution >= 0.6 is 11.8 Å². The standard InChI is InChI=1S/C25H25N3O4S/c1-4-12-32-22-17(10-7-11-19(22)31-3)18-13-20(29)26-23-21(18)24(30)28-25(27-23)33-14-16-9-6-5-8-15(16)2/h4-11,18H,1,12-14H2,2-3H3,(H2,26,27,28,29,30)/t18-/m0/s1. The molecule has 2 N–H and O–H groups in total. The van der Waals surface area contributed by atoms with E-state index in [1.165, 1.54) is 17.3 Å². The molecule has 3 aromatic rings. The maximum atomic E-state index is 13.2. The lowest BCUT2D eigenvalue weighted by Gasteiger charge is -2.26. The van der Waals surface area contributed by atoms with Crippen LogP contribution in [0.3, 0.4) is 0 Å². The van der Waals surface area contributed by atoms with Crippen molar-refractivity contribution < 1.29 is 14.3 Å². The number of carbonyl (C=O) groups excluding carboxylic acids is 1. The quantitative estimate of drug-likeness (QED) is 0.292. The smallest absolute Gasteiger partial charge is 0.257 e. The summed E-state index contributed by atoms with van der Waals surface area (Å²) >= 11 is 1.42. The van der Waals surface area contributed by atoms with Crippen molar-refractivity contribution in [1.29, 1.82) is 0 Å². The number of ether oxygens (including phenoxy) is 2. The number of para-hydroxylation sites is 1. The molecule has 0 radical (unpaired) electrons. The number of fused-ring (bicyclic) bond motifs is 1. The molecule has 1 aromatic heterocycles. The molecule has 8 heteroatoms. The van der Waals surface area contributed by atoms with Gasteiger partial charge in [0.1, 0.15) is 12.4 Å². The normalized spacial score (nSPS) is 14.8. The number of anilines is 1. The summed E-state index contributed by atoms with van der Waals surface area (Å²) in [7, 11) is 1.55. The third-order valence-electron chi connectivity index (χ3n) is 5.51. The topological polar surface area (TPSA) is 93.3 Å². The van der Waals surface area contributed by atoms with Crippen LogP contribution in [0.1, 0.15) is 34.6 Å². The summed E-state index contributed by atoms with van der Waals surface area (Å²) in [6.45, 7) is 6.00. The molecular formula is C25H25N3O4S. The number of methoxy groups -OCH3 is 1. The van der Waals surface area contributed by atoms with Crippen LogP contribution in [0.5, 0.6) is 11.5 Å². The van der Waals surface area contributed by atoms with Gasteiger partial charge in [-0.25, -0.2) is 4.98 Å². The summed E-state index contributed by atoms with van der Waals surface area (Å²) in [5, 5.41) is 3.23. The van der Waals surface area contributed by atoms with Crippen molar-refractivity contribution in [2.24, 2.45) is 0 Å². The van der Waals surface area contributed by atoms with Crippen LogP contribution < -0.4 is 20.3 Å². The predicted molar refractivity (Wildman–Crippen MR) is 129 cm³/mol. The summed E-state index contributed by atoms with van der Waals surface area (Å²) in [4.78, 5) is 33.2. The van der Waals surface area contributed by atoms with Crippen LogP contribution in [0, 0.1) is 6.92 Å². The first-order valence-corrected chi connectivity index (χ1v) is 11.5. The molecule has 1 aliphatic heterocycles. The fraction of sp³-hybridized carbons (Fsp3) is 0.240. The van der Waals surface area contributed by atoms with Crippen LogP contribution in [-0.4, -0.2) is 29.6 Å². The molecule has 7 nitrogen and oxygen atoms in total. The molecular weight excluding hydrogens is 438 g/mol. The Kier molecular flexibility index (Phi) is 6.84. The molecule has 0 fully saturated rings. The van der Waals surface area contributed by atoms with E-state index in [0.717, 1.165) is 5.56 Å². The summed E-state index contributed by atoms with van der Waals surface area (Å²) in [5.74, 6) is 1.22. The van der Waals surface area contributed by atoms with Gasteiger partial charge < -0.3 is 19.8 Å². The number of aromatic amines is 1. The van der Waals surface area contributed by atoms with Crippen molar-refractivity contribution in [3.63, 3.8) is 0 Å². The fourth-order valence-corrected chi connectivity index (χ4v) is 4.80. The highest BCUT2D eigenvalue weighted by molar-refractivity contribution is 7.98. The number of benzene rings is 2. The van der Waals surface area contributed by atoms with Gasteiger partial charge in [0.2, 0.25) is 5.91 Å². The van der Waals surface area contributed by atoms with E-state index in [0.29, 0.717) is 33.5 Å². The van der Waals surface area contributed by atoms with Crippen LogP contribution in [-0.2, 0) is 10.5 Å². The lowest BCUT2D eigenvalue weighted by atomic mass is 9.86. The van der Waals surface area contributed by atoms with E-state index in [1.807, 2.05) is 43.3 Å². The molecule has 0 aliphatic carbocycles. The average molecular weight is 464 g/mol. The van der Waals surface area contributed by atoms with Crippen LogP contribution in [0.4, 0.5) is 5.82 Å². The highest BCUT2D eigenvalue weighted by atomic mass is 32.2. The van der Waals surface area contributed by atoms with Gasteiger partial charge >= 0.3 is 0 Å². The number of hydrogen-bond acceptors (Lipinski definition) is 6. The van der Waals surface area contributed by atoms with E-state index in [-0.39, 0.29) is 30.3 Å². The second kappa shape index (κ2) is 9.95. The summed E-state index contributed by atoms with van der Waals surface area (Å²) in [6.07, 6.45) is 1.73. The Hall–Kier alpha value is -3.52. The van der Waals surface area contributed by atoms with Gasteiger partial charge in [0.25, 0.3) is 5.56 Å². The zero-order chi connectivity index (χ0) is 23.4. The van der Waals surface area contributed by atoms with Crippen LogP contribution in [0.2, 0.25) is 0 Å². The number of rotatable bonds is 8. The van der Waals surface area contributed by atoms with E-state index < -0.39 is 5.92 Å². The van der Waals surface area contributed by atoms with E-state index in [2.05, 4.69) is 21.9 Å². The molecule has 0 saturated heterocycles. The molecule has 0 bridgehead atoms. The van der Waals surface area contributed by atoms with Gasteiger partial charge in [-0.3, -0.25) is 9.59 Å². The van der Waals surface area contributed by atoms with Crippen molar-refractivity contribution in [1.82, 2.24) is 9.97 Å². The first kappa shape index (κ1) is 22.7. The van der Waals surface area contributed by atoms with Gasteiger partial charge in [-0.05, 0) is 24.1 Å². The largest absolute Gasteiger partial charge is 0.493 e. The maximum Gasteiger partial charge on any atom is 0.257 e. The van der Waals surface area contributed by atoms with Gasteiger partial charge in [0.15, 0.2) is 16.7 Å². The number of hydrogen-bond donors (Lipinski definition) is 2. The molecule has 0 saturated carbocycles. The van der Waals surface area contributed by atoms with Crippen LogP contribution in [0.25, 0.3) is 0 Å². The highest BCUT2D eigenvalue weighted by Crippen LogP contribution is 2.42. The average Bonchev–Trinajstić information content (AvgIpc) is 2.81. The van der Waals surface area contributed by atoms with Crippen molar-refractivity contribution in [3.05, 3.63) is 87.7 Å². The third kappa shape index (κ3) is 4.80. The van der Waals surface area contributed by atoms with Gasteiger partial charge in [0.05, 0.1) is 12.7 Å². The van der Waals surface area contributed by atoms with Gasteiger partial charge in [0, 0.05) is 23.7 Å². The Bertz CT molecular complexity index is 1250. The second-order valence-electron chi connectivity index (χ2n) is 7.63. The van der Waals surface area contributed by atoms with Crippen molar-refractivity contribution in [3.8, 4) is 11.5 Å². The minimum absolute atomic E-state index is 0.102. The van der Waals surface area contributed by atoms with Gasteiger partial charge in [-0.15, -0.1) is 0 Å². The number of nitrogens with zero attached hydrogens (tertiary/aromatic N) is 1. The molecule has 4 rings (SSSR count). The first-order valence-electron chi connectivity index (χ1n) is 10.5. The number of carbonyl (C=O) groups is 1. The molecule has 2 heterocycles. The summed E-state index contributed by atoms with van der Waals surface area (Å²) in [6, 6.07) is 13.5. The number of H-pyrrole nitrogens is 1. The van der Waals surface area contributed by atoms with Crippen molar-refractivity contribution >= 4 is 23.5 Å². The van der Waals surface area contributed by atoms with Gasteiger partial charge in [-0.1, -0.05) is 60.8 Å². The van der Waals surface area contributed by atoms with E-state index in [9.17, 15) is 9.59 Å². The van der Waals surface area contributed by atoms with Crippen molar-refractivity contribution in [2.45, 2.75) is 30.2 Å². The Balaban J connectivity index is 1.71. The predicted octanol–water partition coefficient (Wildman–Crippen LogP) is 4.42.